The maximum Gasteiger partial charge on any atom is 0.381 e. The Bertz CT molecular complexity index is 1130. The number of piperazine rings is 1. The van der Waals surface area contributed by atoms with E-state index in [1.807, 2.05) is 43.0 Å². The van der Waals surface area contributed by atoms with Crippen LogP contribution >= 0.6 is 0 Å². The Hall–Kier alpha value is -3.60. The molecule has 0 spiro atoms. The van der Waals surface area contributed by atoms with E-state index in [1.165, 1.54) is 11.8 Å². The summed E-state index contributed by atoms with van der Waals surface area (Å²) in [6.45, 7) is 8.72. The van der Waals surface area contributed by atoms with Crippen LogP contribution in [0.1, 0.15) is 36.7 Å². The van der Waals surface area contributed by atoms with Gasteiger partial charge in [0, 0.05) is 51.6 Å². The predicted octanol–water partition coefficient (Wildman–Crippen LogP) is 2.75. The van der Waals surface area contributed by atoms with Crippen molar-refractivity contribution in [1.82, 2.24) is 29.5 Å². The van der Waals surface area contributed by atoms with E-state index in [-0.39, 0.29) is 24.2 Å². The van der Waals surface area contributed by atoms with Crippen molar-refractivity contribution in [2.45, 2.75) is 39.8 Å². The third-order valence-electron chi connectivity index (χ3n) is 6.04. The molecule has 1 saturated heterocycles. The van der Waals surface area contributed by atoms with Crippen LogP contribution in [0, 0.1) is 24.0 Å². The summed E-state index contributed by atoms with van der Waals surface area (Å²) in [5.41, 5.74) is 2.08. The quantitative estimate of drug-likeness (QED) is 0.395. The second kappa shape index (κ2) is 9.49. The van der Waals surface area contributed by atoms with Crippen molar-refractivity contribution in [1.29, 1.82) is 0 Å². The summed E-state index contributed by atoms with van der Waals surface area (Å²) in [5.74, 6) is 1.48. The van der Waals surface area contributed by atoms with Crippen molar-refractivity contribution < 1.29 is 14.2 Å². The lowest BCUT2D eigenvalue weighted by Gasteiger charge is -2.36. The monoisotopic (exact) mass is 453 g/mol. The number of aromatic nitrogens is 4. The Morgan fingerprint density at radius 3 is 2.48 bits per heavy atom. The zero-order valence-electron chi connectivity index (χ0n) is 19.0. The normalized spacial score (nSPS) is 15.5. The third-order valence-corrected chi connectivity index (χ3v) is 6.04. The lowest BCUT2D eigenvalue weighted by Crippen LogP contribution is -2.49. The highest BCUT2D eigenvalue weighted by Gasteiger charge is 2.28. The van der Waals surface area contributed by atoms with Gasteiger partial charge in [0.25, 0.3) is 0 Å². The van der Waals surface area contributed by atoms with Crippen LogP contribution in [0.25, 0.3) is 11.4 Å². The van der Waals surface area contributed by atoms with Crippen LogP contribution in [0.15, 0.2) is 35.0 Å². The van der Waals surface area contributed by atoms with Gasteiger partial charge < -0.3 is 24.1 Å². The van der Waals surface area contributed by atoms with Gasteiger partial charge in [0.2, 0.25) is 23.4 Å². The standard InChI is InChI=1S/C22H27N7O4/c1-15-4-6-18(7-5-15)21-24-22(33-25-21)16(2)26-10-12-27(13-11-26)20(30)8-9-28-14-19(29(31)32)23-17(28)3/h4-7,14,16H,8-13H2,1-3H3. The minimum atomic E-state index is -0.529. The fraction of sp³-hybridized carbons (Fsp3) is 0.455. The molecule has 1 unspecified atom stereocenters. The number of nitrogens with zero attached hydrogens (tertiary/aromatic N) is 7. The van der Waals surface area contributed by atoms with E-state index in [9.17, 15) is 14.9 Å². The van der Waals surface area contributed by atoms with Crippen molar-refractivity contribution in [3.8, 4) is 11.4 Å². The molecule has 0 N–H and O–H groups in total. The number of amides is 1. The number of carbonyl (C=O) groups is 1. The number of carbonyl (C=O) groups excluding carboxylic acids is 1. The van der Waals surface area contributed by atoms with E-state index in [0.717, 1.165) is 5.56 Å². The number of nitro groups is 1. The van der Waals surface area contributed by atoms with Crippen molar-refractivity contribution in [2.75, 3.05) is 26.2 Å². The van der Waals surface area contributed by atoms with E-state index in [0.29, 0.717) is 50.3 Å². The zero-order valence-corrected chi connectivity index (χ0v) is 19.0. The summed E-state index contributed by atoms with van der Waals surface area (Å²) in [7, 11) is 0. The number of imidazole rings is 1. The molecular formula is C22H27N7O4. The summed E-state index contributed by atoms with van der Waals surface area (Å²) < 4.78 is 7.16. The molecule has 174 valence electrons. The van der Waals surface area contributed by atoms with Crippen molar-refractivity contribution in [3.05, 3.63) is 57.9 Å². The fourth-order valence-electron chi connectivity index (χ4n) is 3.92. The lowest BCUT2D eigenvalue weighted by molar-refractivity contribution is -0.389. The Labute approximate surface area is 191 Å². The second-order valence-electron chi connectivity index (χ2n) is 8.26. The summed E-state index contributed by atoms with van der Waals surface area (Å²) in [6.07, 6.45) is 1.64. The first kappa shape index (κ1) is 22.6. The molecule has 0 aliphatic carbocycles. The molecule has 0 saturated carbocycles. The molecule has 1 aromatic carbocycles. The predicted molar refractivity (Wildman–Crippen MR) is 119 cm³/mol. The average molecular weight is 454 g/mol. The van der Waals surface area contributed by atoms with Crippen LogP contribution in [0.5, 0.6) is 0 Å². The molecule has 1 atom stereocenters. The lowest BCUT2D eigenvalue weighted by atomic mass is 10.1. The Balaban J connectivity index is 1.29. The number of hydrogen-bond donors (Lipinski definition) is 0. The summed E-state index contributed by atoms with van der Waals surface area (Å²) in [6, 6.07) is 7.93. The highest BCUT2D eigenvalue weighted by molar-refractivity contribution is 5.76. The molecule has 11 nitrogen and oxygen atoms in total. The van der Waals surface area contributed by atoms with E-state index in [1.54, 1.807) is 11.5 Å². The first-order valence-corrected chi connectivity index (χ1v) is 10.9. The van der Waals surface area contributed by atoms with Gasteiger partial charge in [-0.15, -0.1) is 0 Å². The maximum absolute atomic E-state index is 12.7. The molecule has 0 radical (unpaired) electrons. The molecule has 1 amide bonds. The van der Waals surface area contributed by atoms with Gasteiger partial charge >= 0.3 is 5.82 Å². The number of benzene rings is 1. The van der Waals surface area contributed by atoms with Crippen molar-refractivity contribution >= 4 is 11.7 Å². The smallest absolute Gasteiger partial charge is 0.358 e. The van der Waals surface area contributed by atoms with Crippen LogP contribution in [-0.2, 0) is 11.3 Å². The van der Waals surface area contributed by atoms with Gasteiger partial charge in [0.05, 0.1) is 6.04 Å². The fourth-order valence-corrected chi connectivity index (χ4v) is 3.92. The Kier molecular flexibility index (Phi) is 6.50. The van der Waals surface area contributed by atoms with Gasteiger partial charge in [-0.3, -0.25) is 9.69 Å². The van der Waals surface area contributed by atoms with Gasteiger partial charge in [-0.05, 0) is 23.8 Å². The van der Waals surface area contributed by atoms with Gasteiger partial charge in [-0.25, -0.2) is 0 Å². The average Bonchev–Trinajstić information content (AvgIpc) is 3.45. The first-order valence-electron chi connectivity index (χ1n) is 10.9. The van der Waals surface area contributed by atoms with E-state index >= 15 is 0 Å². The molecular weight excluding hydrogens is 426 g/mol. The van der Waals surface area contributed by atoms with E-state index in [2.05, 4.69) is 20.0 Å². The molecule has 1 aliphatic rings. The minimum absolute atomic E-state index is 0.0255. The number of rotatable bonds is 7. The minimum Gasteiger partial charge on any atom is -0.358 e. The molecule has 3 heterocycles. The van der Waals surface area contributed by atoms with Crippen LogP contribution in [0.2, 0.25) is 0 Å². The highest BCUT2D eigenvalue weighted by Crippen LogP contribution is 2.24. The molecule has 1 aliphatic heterocycles. The number of aryl methyl sites for hydroxylation is 3. The van der Waals surface area contributed by atoms with E-state index in [4.69, 9.17) is 4.52 Å². The molecule has 33 heavy (non-hydrogen) atoms. The van der Waals surface area contributed by atoms with Gasteiger partial charge in [0.1, 0.15) is 6.20 Å². The molecule has 1 fully saturated rings. The maximum atomic E-state index is 12.7. The van der Waals surface area contributed by atoms with Crippen molar-refractivity contribution in [2.24, 2.45) is 0 Å². The van der Waals surface area contributed by atoms with Crippen LogP contribution in [0.3, 0.4) is 0 Å². The van der Waals surface area contributed by atoms with Gasteiger partial charge in [-0.2, -0.15) is 4.98 Å². The van der Waals surface area contributed by atoms with Crippen LogP contribution < -0.4 is 0 Å². The summed E-state index contributed by atoms with van der Waals surface area (Å²) in [4.78, 5) is 35.5. The molecule has 0 bridgehead atoms. The Morgan fingerprint density at radius 2 is 1.85 bits per heavy atom. The Morgan fingerprint density at radius 1 is 1.15 bits per heavy atom. The van der Waals surface area contributed by atoms with Crippen LogP contribution in [0.4, 0.5) is 5.82 Å². The van der Waals surface area contributed by atoms with Gasteiger partial charge in [-0.1, -0.05) is 35.0 Å². The number of hydrogen-bond acceptors (Lipinski definition) is 8. The van der Waals surface area contributed by atoms with Crippen LogP contribution in [-0.4, -0.2) is 66.5 Å². The van der Waals surface area contributed by atoms with E-state index < -0.39 is 4.92 Å². The molecule has 4 rings (SSSR count). The molecule has 3 aromatic rings. The highest BCUT2D eigenvalue weighted by atomic mass is 16.6. The third kappa shape index (κ3) is 5.08. The van der Waals surface area contributed by atoms with Crippen molar-refractivity contribution in [3.63, 3.8) is 0 Å². The molecule has 11 heteroatoms. The summed E-state index contributed by atoms with van der Waals surface area (Å²) in [5, 5.41) is 15.0. The molecule has 2 aromatic heterocycles. The summed E-state index contributed by atoms with van der Waals surface area (Å²) >= 11 is 0. The second-order valence-corrected chi connectivity index (χ2v) is 8.26. The largest absolute Gasteiger partial charge is 0.381 e. The zero-order chi connectivity index (χ0) is 23.5. The van der Waals surface area contributed by atoms with Gasteiger partial charge in [0.15, 0.2) is 0 Å². The SMILES string of the molecule is Cc1ccc(-c2noc(C(C)N3CCN(C(=O)CCn4cc([N+](=O)[O-])nc4C)CC3)n2)cc1. The topological polar surface area (TPSA) is 123 Å². The first-order chi connectivity index (χ1) is 15.8.